The molecule has 0 spiro atoms. The van der Waals surface area contributed by atoms with Crippen LogP contribution in [0, 0.1) is 0 Å². The first kappa shape index (κ1) is 11.6. The van der Waals surface area contributed by atoms with E-state index in [1.807, 2.05) is 0 Å². The molecular weight excluding hydrogens is 204 g/mol. The second-order valence-electron chi connectivity index (χ2n) is 1.68. The smallest absolute Gasteiger partial charge is 0.394 e. The van der Waals surface area contributed by atoms with E-state index in [9.17, 15) is 0 Å². The van der Waals surface area contributed by atoms with E-state index >= 15 is 0 Å². The molecule has 0 aliphatic heterocycles. The normalized spacial score (nSPS) is 10.0. The van der Waals surface area contributed by atoms with Crippen molar-refractivity contribution in [2.24, 2.45) is 0 Å². The molecule has 4 N–H and O–H groups in total. The van der Waals surface area contributed by atoms with Gasteiger partial charge in [-0.15, -0.1) is 0 Å². The second-order valence-corrected chi connectivity index (χ2v) is 2.58. The summed E-state index contributed by atoms with van der Waals surface area (Å²) in [5.41, 5.74) is 0. The van der Waals surface area contributed by atoms with Gasteiger partial charge in [0.25, 0.3) is 0 Å². The maximum Gasteiger partial charge on any atom is 0.394 e. The summed E-state index contributed by atoms with van der Waals surface area (Å²) in [4.78, 5) is 6.65. The lowest BCUT2D eigenvalue weighted by atomic mass is 10.6. The van der Waals surface area contributed by atoms with E-state index in [4.69, 9.17) is 27.7 Å². The SMILES string of the molecule is O=S(=O)(O)O.Oc1cc(O)ncn1. The van der Waals surface area contributed by atoms with Crippen LogP contribution in [0.3, 0.4) is 0 Å². The van der Waals surface area contributed by atoms with E-state index in [-0.39, 0.29) is 11.8 Å². The first-order valence-corrected chi connectivity index (χ1v) is 4.08. The van der Waals surface area contributed by atoms with Gasteiger partial charge < -0.3 is 10.2 Å². The van der Waals surface area contributed by atoms with Crippen molar-refractivity contribution in [3.8, 4) is 11.8 Å². The molecule has 1 aromatic rings. The topological polar surface area (TPSA) is 141 Å². The van der Waals surface area contributed by atoms with E-state index in [2.05, 4.69) is 9.97 Å². The Morgan fingerprint density at radius 3 is 1.54 bits per heavy atom. The molecule has 1 heterocycles. The lowest BCUT2D eigenvalue weighted by Crippen LogP contribution is -1.89. The molecule has 0 radical (unpaired) electrons. The Bertz CT molecular complexity index is 337. The average Bonchev–Trinajstić information content (AvgIpc) is 1.81. The molecule has 0 atom stereocenters. The highest BCUT2D eigenvalue weighted by atomic mass is 32.3. The van der Waals surface area contributed by atoms with Crippen LogP contribution in [-0.2, 0) is 10.4 Å². The van der Waals surface area contributed by atoms with Crippen molar-refractivity contribution in [2.75, 3.05) is 0 Å². The number of nitrogens with zero attached hydrogens (tertiary/aromatic N) is 2. The molecule has 0 aromatic carbocycles. The molecule has 0 bridgehead atoms. The van der Waals surface area contributed by atoms with Crippen molar-refractivity contribution >= 4 is 10.4 Å². The molecule has 74 valence electrons. The van der Waals surface area contributed by atoms with Crippen LogP contribution >= 0.6 is 0 Å². The third-order valence-corrected chi connectivity index (χ3v) is 0.638. The van der Waals surface area contributed by atoms with Crippen molar-refractivity contribution < 1.29 is 27.7 Å². The van der Waals surface area contributed by atoms with Gasteiger partial charge in [-0.1, -0.05) is 0 Å². The highest BCUT2D eigenvalue weighted by molar-refractivity contribution is 7.79. The third kappa shape index (κ3) is 10.6. The molecule has 0 aliphatic rings. The van der Waals surface area contributed by atoms with Crippen molar-refractivity contribution in [3.05, 3.63) is 12.4 Å². The maximum atomic E-state index is 8.74. The van der Waals surface area contributed by atoms with Gasteiger partial charge in [0.15, 0.2) is 0 Å². The summed E-state index contributed by atoms with van der Waals surface area (Å²) in [5, 5.41) is 17.0. The fourth-order valence-corrected chi connectivity index (χ4v) is 0.337. The van der Waals surface area contributed by atoms with Crippen LogP contribution in [0.2, 0.25) is 0 Å². The van der Waals surface area contributed by atoms with E-state index < -0.39 is 10.4 Å². The molecule has 13 heavy (non-hydrogen) atoms. The number of aromatic nitrogens is 2. The molecule has 1 aromatic heterocycles. The van der Waals surface area contributed by atoms with E-state index in [0.29, 0.717) is 0 Å². The minimum Gasteiger partial charge on any atom is -0.493 e. The van der Waals surface area contributed by atoms with Crippen molar-refractivity contribution in [2.45, 2.75) is 0 Å². The zero-order valence-electron chi connectivity index (χ0n) is 6.06. The zero-order valence-corrected chi connectivity index (χ0v) is 6.88. The number of hydrogen-bond acceptors (Lipinski definition) is 6. The summed E-state index contributed by atoms with van der Waals surface area (Å²) in [6.45, 7) is 0. The maximum absolute atomic E-state index is 8.74. The predicted molar refractivity (Wildman–Crippen MR) is 39.5 cm³/mol. The molecule has 0 unspecified atom stereocenters. The van der Waals surface area contributed by atoms with Gasteiger partial charge in [0.1, 0.15) is 6.33 Å². The molecule has 0 fully saturated rings. The lowest BCUT2D eigenvalue weighted by Gasteiger charge is -1.87. The summed E-state index contributed by atoms with van der Waals surface area (Å²) >= 11 is 0. The minimum atomic E-state index is -4.67. The van der Waals surface area contributed by atoms with Crippen LogP contribution in [0.25, 0.3) is 0 Å². The first-order chi connectivity index (χ1) is 5.79. The predicted octanol–water partition coefficient (Wildman–Crippen LogP) is -0.765. The van der Waals surface area contributed by atoms with Crippen LogP contribution in [0.5, 0.6) is 11.8 Å². The van der Waals surface area contributed by atoms with Gasteiger partial charge in [0.05, 0.1) is 6.07 Å². The standard InChI is InChI=1S/C4H4N2O2.H2O4S/c7-3-1-4(8)6-2-5-3;1-5(2,3)4/h1-2H,(H2,5,6,7,8);(H2,1,2,3,4). The minimum absolute atomic E-state index is 0.225. The van der Waals surface area contributed by atoms with E-state index in [1.54, 1.807) is 0 Å². The molecule has 8 nitrogen and oxygen atoms in total. The Morgan fingerprint density at radius 2 is 1.38 bits per heavy atom. The Labute approximate surface area is 73.1 Å². The number of aromatic hydroxyl groups is 2. The van der Waals surface area contributed by atoms with Crippen molar-refractivity contribution in [3.63, 3.8) is 0 Å². The van der Waals surface area contributed by atoms with Crippen LogP contribution in [0.4, 0.5) is 0 Å². The first-order valence-electron chi connectivity index (χ1n) is 2.69. The van der Waals surface area contributed by atoms with Gasteiger partial charge in [-0.05, 0) is 0 Å². The van der Waals surface area contributed by atoms with Gasteiger partial charge in [-0.25, -0.2) is 9.97 Å². The van der Waals surface area contributed by atoms with Gasteiger partial charge in [0.2, 0.25) is 11.8 Å². The van der Waals surface area contributed by atoms with Gasteiger partial charge in [-0.3, -0.25) is 9.11 Å². The molecule has 9 heteroatoms. The summed E-state index contributed by atoms with van der Waals surface area (Å²) < 4.78 is 31.6. The largest absolute Gasteiger partial charge is 0.493 e. The lowest BCUT2D eigenvalue weighted by molar-refractivity contribution is 0.381. The third-order valence-electron chi connectivity index (χ3n) is 0.638. The fourth-order valence-electron chi connectivity index (χ4n) is 0.337. The highest BCUT2D eigenvalue weighted by Gasteiger charge is 1.88. The van der Waals surface area contributed by atoms with Crippen LogP contribution in [-0.4, -0.2) is 37.7 Å². The fraction of sp³-hybridized carbons (Fsp3) is 0. The zero-order chi connectivity index (χ0) is 10.5. The van der Waals surface area contributed by atoms with Gasteiger partial charge >= 0.3 is 10.4 Å². The Morgan fingerprint density at radius 1 is 1.08 bits per heavy atom. The van der Waals surface area contributed by atoms with E-state index in [1.165, 1.54) is 0 Å². The van der Waals surface area contributed by atoms with E-state index in [0.717, 1.165) is 12.4 Å². The van der Waals surface area contributed by atoms with Gasteiger partial charge in [-0.2, -0.15) is 8.42 Å². The van der Waals surface area contributed by atoms with Crippen LogP contribution < -0.4 is 0 Å². The molecule has 0 aliphatic carbocycles. The molecule has 0 saturated carbocycles. The molecule has 0 saturated heterocycles. The molecular formula is C4H6N2O6S. The quantitative estimate of drug-likeness (QED) is 0.409. The second kappa shape index (κ2) is 4.54. The monoisotopic (exact) mass is 210 g/mol. The molecule has 1 rings (SSSR count). The number of rotatable bonds is 0. The summed E-state index contributed by atoms with van der Waals surface area (Å²) in [5.74, 6) is -0.449. The van der Waals surface area contributed by atoms with Crippen LogP contribution in [0.15, 0.2) is 12.4 Å². The van der Waals surface area contributed by atoms with Crippen molar-refractivity contribution in [1.29, 1.82) is 0 Å². The summed E-state index contributed by atoms with van der Waals surface area (Å²) in [7, 11) is -4.67. The molecule has 0 amide bonds. The van der Waals surface area contributed by atoms with Crippen LogP contribution in [0.1, 0.15) is 0 Å². The Hall–Kier alpha value is -1.45. The van der Waals surface area contributed by atoms with Crippen molar-refractivity contribution in [1.82, 2.24) is 9.97 Å². The van der Waals surface area contributed by atoms with Gasteiger partial charge in [0, 0.05) is 0 Å². The summed E-state index contributed by atoms with van der Waals surface area (Å²) in [6.07, 6.45) is 1.07. The number of hydrogen-bond donors (Lipinski definition) is 4. The Kier molecular flexibility index (Phi) is 4.04. The highest BCUT2D eigenvalue weighted by Crippen LogP contribution is 2.07. The summed E-state index contributed by atoms with van der Waals surface area (Å²) in [6, 6.07) is 1.06. The average molecular weight is 210 g/mol. The Balaban J connectivity index is 0.000000252.